The van der Waals surface area contributed by atoms with Crippen molar-refractivity contribution in [3.8, 4) is 12.1 Å². The Balaban J connectivity index is 2.98. The zero-order chi connectivity index (χ0) is 25.0. The number of hydrogen-bond donors (Lipinski definition) is 0. The average Bonchev–Trinajstić information content (AvgIpc) is 2.79. The van der Waals surface area contributed by atoms with Crippen molar-refractivity contribution in [1.29, 1.82) is 10.5 Å². The van der Waals surface area contributed by atoms with E-state index in [1.807, 2.05) is 0 Å². The Morgan fingerprint density at radius 1 is 0.788 bits per heavy atom. The topological polar surface area (TPSA) is 47.6 Å². The minimum absolute atomic E-state index is 0.0230. The fourth-order valence-corrected chi connectivity index (χ4v) is 5.43. The van der Waals surface area contributed by atoms with Crippen molar-refractivity contribution in [1.82, 2.24) is 0 Å². The minimum atomic E-state index is -0.122. The van der Waals surface area contributed by atoms with Crippen LogP contribution in [0.1, 0.15) is 113 Å². The summed E-state index contributed by atoms with van der Waals surface area (Å²) in [5, 5.41) is 19.9. The molecule has 0 aliphatic heterocycles. The summed E-state index contributed by atoms with van der Waals surface area (Å²) in [4.78, 5) is 0. The maximum atomic E-state index is 10.3. The molecule has 2 nitrogen and oxygen atoms in total. The fourth-order valence-electron chi connectivity index (χ4n) is 4.80. The van der Waals surface area contributed by atoms with E-state index < -0.39 is 0 Å². The quantitative estimate of drug-likeness (QED) is 0.342. The Morgan fingerprint density at radius 2 is 1.36 bits per heavy atom. The SMILES string of the molecule is CCc1cc(Cc2c(C#N)c(CC)cc(CC#N)c2C(C)(C)CC)c(C(C)(C)CC)cc1Br. The van der Waals surface area contributed by atoms with Crippen LogP contribution < -0.4 is 0 Å². The van der Waals surface area contributed by atoms with Crippen LogP contribution in [0.15, 0.2) is 22.7 Å². The molecule has 0 heterocycles. The molecule has 2 aromatic rings. The standard InChI is InChI=1S/C30H39BrN2/c1-9-20-15-22(13-14-32)28(30(7,8)12-4)24(25(20)19-33)17-23-16-21(10-2)27(31)18-26(23)29(5,6)11-3/h15-16,18H,9-13,17H2,1-8H3. The van der Waals surface area contributed by atoms with E-state index in [1.165, 1.54) is 22.3 Å². The monoisotopic (exact) mass is 506 g/mol. The third-order valence-corrected chi connectivity index (χ3v) is 8.29. The van der Waals surface area contributed by atoms with Gasteiger partial charge < -0.3 is 0 Å². The van der Waals surface area contributed by atoms with E-state index in [2.05, 4.69) is 102 Å². The molecule has 33 heavy (non-hydrogen) atoms. The second-order valence-corrected chi connectivity index (χ2v) is 11.2. The lowest BCUT2D eigenvalue weighted by atomic mass is 9.71. The van der Waals surface area contributed by atoms with Gasteiger partial charge >= 0.3 is 0 Å². The molecule has 0 aromatic heterocycles. The van der Waals surface area contributed by atoms with Gasteiger partial charge in [0.25, 0.3) is 0 Å². The normalized spacial score (nSPS) is 11.8. The minimum Gasteiger partial charge on any atom is -0.198 e. The number of nitrogens with zero attached hydrogens (tertiary/aromatic N) is 2. The molecular weight excluding hydrogens is 468 g/mol. The molecule has 0 unspecified atom stereocenters. The summed E-state index contributed by atoms with van der Waals surface area (Å²) in [5.41, 5.74) is 9.07. The van der Waals surface area contributed by atoms with Crippen molar-refractivity contribution < 1.29 is 0 Å². The Kier molecular flexibility index (Phi) is 8.95. The van der Waals surface area contributed by atoms with Crippen LogP contribution in [0.3, 0.4) is 0 Å². The maximum Gasteiger partial charge on any atom is 0.0997 e. The van der Waals surface area contributed by atoms with Crippen molar-refractivity contribution in [3.05, 3.63) is 67.2 Å². The summed E-state index contributed by atoms with van der Waals surface area (Å²) in [6.45, 7) is 17.8. The van der Waals surface area contributed by atoms with Gasteiger partial charge in [-0.1, -0.05) is 83.5 Å². The molecule has 0 N–H and O–H groups in total. The van der Waals surface area contributed by atoms with Gasteiger partial charge in [-0.15, -0.1) is 0 Å². The molecule has 2 aromatic carbocycles. The summed E-state index contributed by atoms with van der Waals surface area (Å²) in [5.74, 6) is 0. The van der Waals surface area contributed by atoms with E-state index in [4.69, 9.17) is 0 Å². The van der Waals surface area contributed by atoms with Crippen LogP contribution in [0.4, 0.5) is 0 Å². The van der Waals surface area contributed by atoms with Crippen molar-refractivity contribution in [2.24, 2.45) is 0 Å². The first-order valence-corrected chi connectivity index (χ1v) is 13.1. The van der Waals surface area contributed by atoms with Gasteiger partial charge in [-0.2, -0.15) is 10.5 Å². The van der Waals surface area contributed by atoms with E-state index in [0.717, 1.165) is 52.4 Å². The number of nitriles is 2. The van der Waals surface area contributed by atoms with Crippen molar-refractivity contribution in [2.75, 3.05) is 0 Å². The first-order valence-electron chi connectivity index (χ1n) is 12.3. The molecule has 0 fully saturated rings. The first kappa shape index (κ1) is 27.1. The van der Waals surface area contributed by atoms with Gasteiger partial charge in [0.05, 0.1) is 24.1 Å². The zero-order valence-electron chi connectivity index (χ0n) is 21.7. The third-order valence-electron chi connectivity index (χ3n) is 7.55. The molecule has 0 radical (unpaired) electrons. The molecule has 0 aliphatic rings. The molecule has 3 heteroatoms. The maximum absolute atomic E-state index is 10.3. The summed E-state index contributed by atoms with van der Waals surface area (Å²) >= 11 is 3.80. The fraction of sp³-hybridized carbons (Fsp3) is 0.533. The molecule has 0 atom stereocenters. The van der Waals surface area contributed by atoms with Crippen LogP contribution in [0.2, 0.25) is 0 Å². The van der Waals surface area contributed by atoms with Gasteiger partial charge in [-0.3, -0.25) is 0 Å². The highest BCUT2D eigenvalue weighted by Gasteiger charge is 2.30. The molecule has 0 spiro atoms. The molecule has 2 rings (SSSR count). The third kappa shape index (κ3) is 5.53. The molecule has 0 bridgehead atoms. The Bertz CT molecular complexity index is 1090. The first-order chi connectivity index (χ1) is 15.5. The van der Waals surface area contributed by atoms with Gasteiger partial charge in [-0.25, -0.2) is 0 Å². The van der Waals surface area contributed by atoms with Gasteiger partial charge in [0.15, 0.2) is 0 Å². The highest BCUT2D eigenvalue weighted by Crippen LogP contribution is 2.40. The number of aryl methyl sites for hydroxylation is 2. The van der Waals surface area contributed by atoms with E-state index in [0.29, 0.717) is 12.8 Å². The van der Waals surface area contributed by atoms with Crippen LogP contribution in [0.25, 0.3) is 0 Å². The van der Waals surface area contributed by atoms with Crippen molar-refractivity contribution >= 4 is 15.9 Å². The predicted molar refractivity (Wildman–Crippen MR) is 143 cm³/mol. The Morgan fingerprint density at radius 3 is 1.85 bits per heavy atom. The number of halogens is 1. The lowest BCUT2D eigenvalue weighted by Gasteiger charge is -2.32. The lowest BCUT2D eigenvalue weighted by molar-refractivity contribution is 0.494. The molecular formula is C30H39BrN2. The van der Waals surface area contributed by atoms with Crippen molar-refractivity contribution in [3.63, 3.8) is 0 Å². The molecule has 0 amide bonds. The average molecular weight is 508 g/mol. The number of hydrogen-bond acceptors (Lipinski definition) is 2. The van der Waals surface area contributed by atoms with E-state index in [-0.39, 0.29) is 10.8 Å². The van der Waals surface area contributed by atoms with Crippen LogP contribution in [-0.2, 0) is 36.5 Å². The predicted octanol–water partition coefficient (Wildman–Crippen LogP) is 8.48. The molecule has 0 saturated heterocycles. The summed E-state index contributed by atoms with van der Waals surface area (Å²) in [6.07, 6.45) is 4.81. The Labute approximate surface area is 210 Å². The van der Waals surface area contributed by atoms with Crippen LogP contribution in [0, 0.1) is 22.7 Å². The van der Waals surface area contributed by atoms with E-state index in [1.54, 1.807) is 0 Å². The lowest BCUT2D eigenvalue weighted by Crippen LogP contribution is -2.24. The van der Waals surface area contributed by atoms with Gasteiger partial charge in [-0.05, 0) is 87.9 Å². The largest absolute Gasteiger partial charge is 0.198 e. The Hall–Kier alpha value is -2.10. The summed E-state index contributed by atoms with van der Waals surface area (Å²) in [7, 11) is 0. The second-order valence-electron chi connectivity index (χ2n) is 10.3. The highest BCUT2D eigenvalue weighted by atomic mass is 79.9. The van der Waals surface area contributed by atoms with Gasteiger partial charge in [0, 0.05) is 4.47 Å². The van der Waals surface area contributed by atoms with Crippen LogP contribution in [0.5, 0.6) is 0 Å². The molecule has 176 valence electrons. The second kappa shape index (κ2) is 10.9. The molecule has 0 saturated carbocycles. The van der Waals surface area contributed by atoms with Crippen LogP contribution >= 0.6 is 15.9 Å². The van der Waals surface area contributed by atoms with Crippen LogP contribution in [-0.4, -0.2) is 0 Å². The summed E-state index contributed by atoms with van der Waals surface area (Å²) < 4.78 is 1.16. The summed E-state index contributed by atoms with van der Waals surface area (Å²) in [6, 6.07) is 11.7. The number of rotatable bonds is 9. The highest BCUT2D eigenvalue weighted by molar-refractivity contribution is 9.10. The van der Waals surface area contributed by atoms with Crippen molar-refractivity contribution in [2.45, 2.75) is 105 Å². The van der Waals surface area contributed by atoms with E-state index >= 15 is 0 Å². The zero-order valence-corrected chi connectivity index (χ0v) is 23.3. The molecule has 0 aliphatic carbocycles. The smallest absolute Gasteiger partial charge is 0.0997 e. The van der Waals surface area contributed by atoms with Gasteiger partial charge in [0.2, 0.25) is 0 Å². The number of benzene rings is 2. The van der Waals surface area contributed by atoms with E-state index in [9.17, 15) is 10.5 Å². The van der Waals surface area contributed by atoms with Gasteiger partial charge in [0.1, 0.15) is 0 Å².